The molecule has 4 rings (SSSR count). The number of aryl methyl sites for hydroxylation is 4. The summed E-state index contributed by atoms with van der Waals surface area (Å²) in [7, 11) is 0. The average Bonchev–Trinajstić information content (AvgIpc) is 3.04. The molecule has 1 aromatic carbocycles. The van der Waals surface area contributed by atoms with Crippen molar-refractivity contribution in [1.82, 2.24) is 14.5 Å². The fourth-order valence-electron chi connectivity index (χ4n) is 3.30. The SMILES string of the molecule is [2H]C([2H])([2H])c1ccc2c(c1)c1c(n2CC([2H])([2H])c2ccc(C([2H])([2H])[2H])nc2)CCN(C([2H])([2H])[2H])C1. The third-order valence-electron chi connectivity index (χ3n) is 4.46. The van der Waals surface area contributed by atoms with Gasteiger partial charge in [-0.1, -0.05) is 17.7 Å². The first kappa shape index (κ1) is 7.40. The van der Waals surface area contributed by atoms with Crippen LogP contribution in [0.15, 0.2) is 36.5 Å². The molecule has 1 aliphatic heterocycles. The predicted octanol–water partition coefficient (Wildman–Crippen LogP) is 3.88. The van der Waals surface area contributed by atoms with Gasteiger partial charge in [0, 0.05) is 69.6 Å². The number of benzene rings is 1. The molecule has 0 atom stereocenters. The zero-order chi connectivity index (χ0) is 26.0. The molecule has 124 valence electrons. The lowest BCUT2D eigenvalue weighted by atomic mass is 10.0. The monoisotopic (exact) mass is 330 g/mol. The van der Waals surface area contributed by atoms with Crippen molar-refractivity contribution in [2.24, 2.45) is 0 Å². The number of likely N-dealkylation sites (N-methyl/N-ethyl adjacent to an activating group) is 1. The van der Waals surface area contributed by atoms with E-state index in [0.717, 1.165) is 5.69 Å². The maximum Gasteiger partial charge on any atom is 0.0486 e. The molecular weight excluding hydrogens is 294 g/mol. The number of nitrogens with zero attached hydrogens (tertiary/aromatic N) is 3. The zero-order valence-electron chi connectivity index (χ0n) is 24.1. The Morgan fingerprint density at radius 1 is 1.25 bits per heavy atom. The van der Waals surface area contributed by atoms with Crippen LogP contribution in [0.5, 0.6) is 0 Å². The largest absolute Gasteiger partial charge is 0.344 e. The van der Waals surface area contributed by atoms with Crippen LogP contribution >= 0.6 is 0 Å². The number of pyridine rings is 1. The van der Waals surface area contributed by atoms with E-state index in [1.165, 1.54) is 29.3 Å². The third-order valence-corrected chi connectivity index (χ3v) is 4.46. The van der Waals surface area contributed by atoms with Crippen LogP contribution in [0.25, 0.3) is 10.9 Å². The number of hydrogen-bond acceptors (Lipinski definition) is 2. The lowest BCUT2D eigenvalue weighted by molar-refractivity contribution is 0.309. The van der Waals surface area contributed by atoms with Gasteiger partial charge in [-0.3, -0.25) is 4.98 Å². The smallest absolute Gasteiger partial charge is 0.0486 e. The Morgan fingerprint density at radius 3 is 3.04 bits per heavy atom. The van der Waals surface area contributed by atoms with E-state index < -0.39 is 27.1 Å². The van der Waals surface area contributed by atoms with Gasteiger partial charge in [0.1, 0.15) is 0 Å². The Hall–Kier alpha value is -2.13. The molecule has 3 aromatic rings. The molecule has 0 saturated heterocycles. The van der Waals surface area contributed by atoms with E-state index in [0.29, 0.717) is 22.9 Å². The van der Waals surface area contributed by atoms with Crippen molar-refractivity contribution in [1.29, 1.82) is 0 Å². The molecule has 0 amide bonds. The number of aromatic nitrogens is 2. The van der Waals surface area contributed by atoms with Crippen LogP contribution in [0, 0.1) is 13.7 Å². The van der Waals surface area contributed by atoms with Gasteiger partial charge in [-0.2, -0.15) is 0 Å². The van der Waals surface area contributed by atoms with E-state index in [1.54, 1.807) is 16.7 Å². The second-order valence-corrected chi connectivity index (χ2v) is 6.02. The summed E-state index contributed by atoms with van der Waals surface area (Å²) in [5, 5.41) is 0.592. The van der Waals surface area contributed by atoms with Crippen LogP contribution in [0.2, 0.25) is 0 Å². The van der Waals surface area contributed by atoms with Crippen molar-refractivity contribution in [3.05, 3.63) is 64.6 Å². The molecule has 1 aliphatic rings. The highest BCUT2D eigenvalue weighted by Crippen LogP contribution is 2.31. The second kappa shape index (κ2) is 6.06. The molecule has 3 nitrogen and oxygen atoms in total. The summed E-state index contributed by atoms with van der Waals surface area (Å²) in [6.07, 6.45) is -0.343. The second-order valence-electron chi connectivity index (χ2n) is 6.02. The summed E-state index contributed by atoms with van der Waals surface area (Å²) in [6, 6.07) is 7.38. The average molecular weight is 331 g/mol. The molecule has 3 heteroatoms. The van der Waals surface area contributed by atoms with Crippen molar-refractivity contribution >= 4 is 10.9 Å². The first-order valence-electron chi connectivity index (χ1n) is 13.3. The lowest BCUT2D eigenvalue weighted by Gasteiger charge is -2.24. The van der Waals surface area contributed by atoms with Crippen molar-refractivity contribution in [2.45, 2.75) is 39.6 Å². The number of fused-ring (bicyclic) bond motifs is 3. The van der Waals surface area contributed by atoms with Gasteiger partial charge in [0.05, 0.1) is 0 Å². The van der Waals surface area contributed by atoms with Crippen LogP contribution < -0.4 is 0 Å². The Kier molecular flexibility index (Phi) is 1.87. The first-order valence-corrected chi connectivity index (χ1v) is 7.85. The highest BCUT2D eigenvalue weighted by molar-refractivity contribution is 5.86. The van der Waals surface area contributed by atoms with E-state index in [2.05, 4.69) is 4.98 Å². The van der Waals surface area contributed by atoms with Crippen LogP contribution in [-0.4, -0.2) is 28.0 Å². The Bertz CT molecular complexity index is 1240. The zero-order valence-corrected chi connectivity index (χ0v) is 13.1. The maximum atomic E-state index is 8.72. The molecule has 0 unspecified atom stereocenters. The fourth-order valence-corrected chi connectivity index (χ4v) is 3.30. The minimum atomic E-state index is -2.39. The summed E-state index contributed by atoms with van der Waals surface area (Å²) in [4.78, 5) is 5.28. The van der Waals surface area contributed by atoms with E-state index in [4.69, 9.17) is 15.1 Å². The quantitative estimate of drug-likeness (QED) is 0.726. The minimum Gasteiger partial charge on any atom is -0.344 e. The van der Waals surface area contributed by atoms with E-state index in [9.17, 15) is 0 Å². The van der Waals surface area contributed by atoms with Gasteiger partial charge in [-0.05, 0) is 56.4 Å². The molecule has 0 saturated carbocycles. The first-order chi connectivity index (χ1) is 16.0. The molecule has 24 heavy (non-hydrogen) atoms. The summed E-state index contributed by atoms with van der Waals surface area (Å²) < 4.78 is 88.3. The molecule has 2 aromatic heterocycles. The van der Waals surface area contributed by atoms with E-state index in [1.807, 2.05) is 0 Å². The molecule has 0 N–H and O–H groups in total. The Labute approximate surface area is 159 Å². The summed E-state index contributed by atoms with van der Waals surface area (Å²) in [6.45, 7) is -6.82. The molecule has 3 heterocycles. The van der Waals surface area contributed by atoms with E-state index in [-0.39, 0.29) is 36.5 Å². The summed E-state index contributed by atoms with van der Waals surface area (Å²) in [5.74, 6) is 0. The molecule has 0 bridgehead atoms. The van der Waals surface area contributed by atoms with Crippen LogP contribution in [0.4, 0.5) is 0 Å². The predicted molar refractivity (Wildman–Crippen MR) is 99.4 cm³/mol. The normalized spacial score (nSPS) is 23.9. The molecule has 0 spiro atoms. The standard InChI is InChI=1S/C21H25N3/c1-15-4-7-20-18(12-15)19-14-23(3)10-9-21(19)24(20)11-8-17-6-5-16(2)22-13-17/h4-7,12-13H,8-11,14H2,1-3H3/i1D3,2D3,3D3,8D2. The maximum absolute atomic E-state index is 8.72. The Morgan fingerprint density at radius 2 is 2.25 bits per heavy atom. The van der Waals surface area contributed by atoms with Gasteiger partial charge in [-0.15, -0.1) is 0 Å². The van der Waals surface area contributed by atoms with Gasteiger partial charge < -0.3 is 9.47 Å². The van der Waals surface area contributed by atoms with Crippen molar-refractivity contribution < 1.29 is 15.1 Å². The number of rotatable bonds is 3. The summed E-state index contributed by atoms with van der Waals surface area (Å²) >= 11 is 0. The van der Waals surface area contributed by atoms with Crippen molar-refractivity contribution in [3.63, 3.8) is 0 Å². The van der Waals surface area contributed by atoms with Gasteiger partial charge in [0.2, 0.25) is 0 Å². The van der Waals surface area contributed by atoms with E-state index >= 15 is 0 Å². The summed E-state index contributed by atoms with van der Waals surface area (Å²) in [5.41, 5.74) is 2.27. The van der Waals surface area contributed by atoms with Crippen LogP contribution in [0.1, 0.15) is 43.2 Å². The Balaban J connectivity index is 1.80. The number of hydrogen-bond donors (Lipinski definition) is 0. The van der Waals surface area contributed by atoms with Gasteiger partial charge in [0.15, 0.2) is 0 Å². The molecular formula is C21H25N3. The van der Waals surface area contributed by atoms with Gasteiger partial charge in [-0.25, -0.2) is 0 Å². The van der Waals surface area contributed by atoms with Gasteiger partial charge in [0.25, 0.3) is 0 Å². The molecule has 0 fully saturated rings. The molecule has 0 aliphatic carbocycles. The lowest BCUT2D eigenvalue weighted by Crippen LogP contribution is -2.27. The minimum absolute atomic E-state index is 0.0949. The third kappa shape index (κ3) is 2.73. The fraction of sp³-hybridized carbons (Fsp3) is 0.381. The van der Waals surface area contributed by atoms with Gasteiger partial charge >= 0.3 is 0 Å². The van der Waals surface area contributed by atoms with Crippen LogP contribution in [-0.2, 0) is 25.9 Å². The topological polar surface area (TPSA) is 21.1 Å². The van der Waals surface area contributed by atoms with Crippen molar-refractivity contribution in [3.8, 4) is 0 Å². The molecule has 0 radical (unpaired) electrons. The highest BCUT2D eigenvalue weighted by Gasteiger charge is 2.22. The van der Waals surface area contributed by atoms with Crippen LogP contribution in [0.3, 0.4) is 0 Å². The highest BCUT2D eigenvalue weighted by atomic mass is 15.1. The van der Waals surface area contributed by atoms with Crippen molar-refractivity contribution in [2.75, 3.05) is 13.5 Å².